The van der Waals surface area contributed by atoms with Crippen LogP contribution >= 0.6 is 0 Å². The Labute approximate surface area is 76.4 Å². The highest BCUT2D eigenvalue weighted by atomic mass is 16.5. The van der Waals surface area contributed by atoms with Crippen LogP contribution in [0.2, 0.25) is 0 Å². The van der Waals surface area contributed by atoms with Gasteiger partial charge in [-0.15, -0.1) is 0 Å². The van der Waals surface area contributed by atoms with Gasteiger partial charge in [0.2, 0.25) is 0 Å². The van der Waals surface area contributed by atoms with Crippen molar-refractivity contribution in [1.29, 1.82) is 0 Å². The molecule has 0 bridgehead atoms. The number of carbonyl (C=O) groups excluding carboxylic acids is 2. The van der Waals surface area contributed by atoms with E-state index in [1.807, 2.05) is 0 Å². The maximum atomic E-state index is 11.1. The Morgan fingerprint density at radius 3 is 2.92 bits per heavy atom. The number of hydrogen-bond acceptors (Lipinski definition) is 3. The number of carbonyl (C=O) groups is 2. The SMILES string of the molecule is COC(=O)C1=CC=CC(C=O)C=C1. The largest absolute Gasteiger partial charge is 0.465 e. The number of methoxy groups -OCH3 is 1. The standard InChI is InChI=1S/C10H10O3/c1-13-10(12)9-4-2-3-8(7-11)5-6-9/h2-8H,1H3. The lowest BCUT2D eigenvalue weighted by molar-refractivity contribution is -0.135. The highest BCUT2D eigenvalue weighted by Gasteiger charge is 2.07. The van der Waals surface area contributed by atoms with Gasteiger partial charge in [0.1, 0.15) is 6.29 Å². The summed E-state index contributed by atoms with van der Waals surface area (Å²) in [5.41, 5.74) is 0.447. The molecule has 0 N–H and O–H groups in total. The quantitative estimate of drug-likeness (QED) is 0.468. The zero-order chi connectivity index (χ0) is 9.68. The van der Waals surface area contributed by atoms with E-state index in [0.29, 0.717) is 5.57 Å². The number of esters is 1. The summed E-state index contributed by atoms with van der Waals surface area (Å²) in [6, 6.07) is 0. The van der Waals surface area contributed by atoms with Gasteiger partial charge in [0.05, 0.1) is 18.6 Å². The van der Waals surface area contributed by atoms with Crippen LogP contribution in [-0.2, 0) is 14.3 Å². The van der Waals surface area contributed by atoms with E-state index in [9.17, 15) is 9.59 Å². The molecule has 0 radical (unpaired) electrons. The zero-order valence-electron chi connectivity index (χ0n) is 7.27. The van der Waals surface area contributed by atoms with Gasteiger partial charge in [-0.3, -0.25) is 0 Å². The van der Waals surface area contributed by atoms with E-state index in [1.165, 1.54) is 7.11 Å². The monoisotopic (exact) mass is 178 g/mol. The van der Waals surface area contributed by atoms with Gasteiger partial charge in [-0.1, -0.05) is 24.3 Å². The molecule has 0 aromatic heterocycles. The zero-order valence-corrected chi connectivity index (χ0v) is 7.27. The van der Waals surface area contributed by atoms with Gasteiger partial charge in [0.15, 0.2) is 0 Å². The van der Waals surface area contributed by atoms with Crippen LogP contribution in [0.3, 0.4) is 0 Å². The van der Waals surface area contributed by atoms with Crippen molar-refractivity contribution in [1.82, 2.24) is 0 Å². The van der Waals surface area contributed by atoms with Gasteiger partial charge in [-0.25, -0.2) is 4.79 Å². The van der Waals surface area contributed by atoms with Crippen molar-refractivity contribution in [3.8, 4) is 0 Å². The molecule has 1 atom stereocenters. The minimum Gasteiger partial charge on any atom is -0.465 e. The Morgan fingerprint density at radius 1 is 1.54 bits per heavy atom. The topological polar surface area (TPSA) is 43.4 Å². The van der Waals surface area contributed by atoms with Crippen LogP contribution < -0.4 is 0 Å². The molecule has 0 heterocycles. The Hall–Kier alpha value is -1.64. The minimum absolute atomic E-state index is 0.251. The molecule has 1 rings (SSSR count). The van der Waals surface area contributed by atoms with Crippen molar-refractivity contribution in [2.24, 2.45) is 5.92 Å². The molecule has 0 saturated carbocycles. The van der Waals surface area contributed by atoms with Crippen LogP contribution in [0.1, 0.15) is 0 Å². The number of aldehydes is 1. The summed E-state index contributed by atoms with van der Waals surface area (Å²) in [5, 5.41) is 0. The lowest BCUT2D eigenvalue weighted by Gasteiger charge is -1.96. The Kier molecular flexibility index (Phi) is 3.20. The third-order valence-corrected chi connectivity index (χ3v) is 1.69. The third kappa shape index (κ3) is 2.40. The van der Waals surface area contributed by atoms with Crippen LogP contribution in [0.5, 0.6) is 0 Å². The second-order valence-electron chi connectivity index (χ2n) is 2.57. The fourth-order valence-corrected chi connectivity index (χ4v) is 0.967. The second-order valence-corrected chi connectivity index (χ2v) is 2.57. The molecular weight excluding hydrogens is 168 g/mol. The van der Waals surface area contributed by atoms with Crippen LogP contribution in [0.25, 0.3) is 0 Å². The van der Waals surface area contributed by atoms with Crippen molar-refractivity contribution in [2.45, 2.75) is 0 Å². The molecule has 0 amide bonds. The van der Waals surface area contributed by atoms with E-state index in [-0.39, 0.29) is 5.92 Å². The van der Waals surface area contributed by atoms with Crippen LogP contribution in [0.15, 0.2) is 36.0 Å². The summed E-state index contributed by atoms with van der Waals surface area (Å²) in [6.45, 7) is 0. The maximum Gasteiger partial charge on any atom is 0.337 e. The molecule has 1 aliphatic carbocycles. The van der Waals surface area contributed by atoms with Crippen molar-refractivity contribution in [2.75, 3.05) is 7.11 Å². The van der Waals surface area contributed by atoms with Crippen molar-refractivity contribution in [3.63, 3.8) is 0 Å². The summed E-state index contributed by atoms with van der Waals surface area (Å²) in [5.74, 6) is -0.647. The minimum atomic E-state index is -0.396. The molecule has 13 heavy (non-hydrogen) atoms. The van der Waals surface area contributed by atoms with Crippen LogP contribution in [-0.4, -0.2) is 19.4 Å². The summed E-state index contributed by atoms with van der Waals surface area (Å²) in [4.78, 5) is 21.5. The first kappa shape index (κ1) is 9.45. The number of rotatable bonds is 2. The van der Waals surface area contributed by atoms with Gasteiger partial charge >= 0.3 is 5.97 Å². The molecule has 0 spiro atoms. The first-order chi connectivity index (χ1) is 6.27. The van der Waals surface area contributed by atoms with Gasteiger partial charge in [0, 0.05) is 0 Å². The van der Waals surface area contributed by atoms with Gasteiger partial charge < -0.3 is 9.53 Å². The Balaban J connectivity index is 2.81. The molecule has 0 aliphatic heterocycles. The molecule has 68 valence electrons. The molecule has 3 nitrogen and oxygen atoms in total. The van der Waals surface area contributed by atoms with E-state index in [2.05, 4.69) is 4.74 Å². The van der Waals surface area contributed by atoms with Crippen LogP contribution in [0.4, 0.5) is 0 Å². The number of ether oxygens (including phenoxy) is 1. The Morgan fingerprint density at radius 2 is 2.31 bits per heavy atom. The third-order valence-electron chi connectivity index (χ3n) is 1.69. The lowest BCUT2D eigenvalue weighted by atomic mass is 10.1. The van der Waals surface area contributed by atoms with Gasteiger partial charge in [0.25, 0.3) is 0 Å². The predicted molar refractivity (Wildman–Crippen MR) is 47.9 cm³/mol. The van der Waals surface area contributed by atoms with Crippen LogP contribution in [0, 0.1) is 5.92 Å². The molecule has 1 unspecified atom stereocenters. The summed E-state index contributed by atoms with van der Waals surface area (Å²) < 4.78 is 4.53. The average Bonchev–Trinajstić information content (AvgIpc) is 2.41. The Bertz CT molecular complexity index is 297. The van der Waals surface area contributed by atoms with E-state index >= 15 is 0 Å². The number of hydrogen-bond donors (Lipinski definition) is 0. The van der Waals surface area contributed by atoms with E-state index in [0.717, 1.165) is 6.29 Å². The van der Waals surface area contributed by atoms with Gasteiger partial charge in [-0.05, 0) is 6.08 Å². The smallest absolute Gasteiger partial charge is 0.337 e. The van der Waals surface area contributed by atoms with Crippen molar-refractivity contribution < 1.29 is 14.3 Å². The first-order valence-corrected chi connectivity index (χ1v) is 3.88. The summed E-state index contributed by atoms with van der Waals surface area (Å²) >= 11 is 0. The first-order valence-electron chi connectivity index (χ1n) is 3.88. The average molecular weight is 178 g/mol. The van der Waals surface area contributed by atoms with E-state index in [1.54, 1.807) is 30.4 Å². The highest BCUT2D eigenvalue weighted by Crippen LogP contribution is 2.09. The van der Waals surface area contributed by atoms with Crippen molar-refractivity contribution in [3.05, 3.63) is 36.0 Å². The fourth-order valence-electron chi connectivity index (χ4n) is 0.967. The second kappa shape index (κ2) is 4.40. The molecule has 0 fully saturated rings. The summed E-state index contributed by atoms with van der Waals surface area (Å²) in [7, 11) is 1.32. The van der Waals surface area contributed by atoms with Gasteiger partial charge in [-0.2, -0.15) is 0 Å². The molecule has 3 heteroatoms. The molecule has 1 aliphatic rings. The number of allylic oxidation sites excluding steroid dienone is 4. The normalized spacial score (nSPS) is 20.4. The molecular formula is C10H10O3. The van der Waals surface area contributed by atoms with E-state index < -0.39 is 5.97 Å². The predicted octanol–water partition coefficient (Wildman–Crippen LogP) is 1.03. The highest BCUT2D eigenvalue weighted by molar-refractivity contribution is 5.92. The fraction of sp³-hybridized carbons (Fsp3) is 0.200. The van der Waals surface area contributed by atoms with Crippen molar-refractivity contribution >= 4 is 12.3 Å². The lowest BCUT2D eigenvalue weighted by Crippen LogP contribution is -2.02. The molecule has 0 aromatic rings. The molecule has 0 aromatic carbocycles. The summed E-state index contributed by atoms with van der Waals surface area (Å²) in [6.07, 6.45) is 9.04. The molecule has 0 saturated heterocycles. The maximum absolute atomic E-state index is 11.1. The van der Waals surface area contributed by atoms with E-state index in [4.69, 9.17) is 0 Å².